The Balaban J connectivity index is 1.23. The Hall–Kier alpha value is -4.19. The highest BCUT2D eigenvalue weighted by molar-refractivity contribution is 5.98. The van der Waals surface area contributed by atoms with Crippen LogP contribution in [0.25, 0.3) is 10.9 Å². The summed E-state index contributed by atoms with van der Waals surface area (Å²) in [6.07, 6.45) is 4.08. The average Bonchev–Trinajstić information content (AvgIpc) is 3.48. The van der Waals surface area contributed by atoms with E-state index in [-0.39, 0.29) is 52.8 Å². The van der Waals surface area contributed by atoms with Crippen LogP contribution in [0.5, 0.6) is 5.75 Å². The number of halogens is 3. The van der Waals surface area contributed by atoms with Crippen molar-refractivity contribution >= 4 is 16.8 Å². The zero-order valence-corrected chi connectivity index (χ0v) is 25.4. The Morgan fingerprint density at radius 1 is 1.05 bits per heavy atom. The lowest BCUT2D eigenvalue weighted by Gasteiger charge is -2.44. The van der Waals surface area contributed by atoms with E-state index in [1.807, 2.05) is 45.5 Å². The molecule has 1 saturated heterocycles. The maximum absolute atomic E-state index is 14.5. The molecule has 0 bridgehead atoms. The van der Waals surface area contributed by atoms with Crippen molar-refractivity contribution in [2.75, 3.05) is 19.7 Å². The number of nitrogens with zero attached hydrogens (tertiary/aromatic N) is 6. The number of rotatable bonds is 6. The number of amides is 1. The van der Waals surface area contributed by atoms with Crippen LogP contribution in [-0.4, -0.2) is 67.0 Å². The van der Waals surface area contributed by atoms with Crippen molar-refractivity contribution in [1.82, 2.24) is 29.4 Å². The molecule has 0 aliphatic carbocycles. The van der Waals surface area contributed by atoms with Gasteiger partial charge in [-0.05, 0) is 57.9 Å². The molecular weight excluding hydrogens is 573 g/mol. The molecule has 4 aromatic rings. The van der Waals surface area contributed by atoms with Crippen LogP contribution in [0, 0.1) is 17.5 Å². The fourth-order valence-corrected chi connectivity index (χ4v) is 6.46. The lowest BCUT2D eigenvalue weighted by Crippen LogP contribution is -2.58. The number of benzene rings is 2. The number of hydrogen-bond acceptors (Lipinski definition) is 6. The Kier molecular flexibility index (Phi) is 7.51. The van der Waals surface area contributed by atoms with E-state index in [4.69, 9.17) is 4.74 Å². The summed E-state index contributed by atoms with van der Waals surface area (Å²) in [6.45, 7) is 11.2. The molecule has 1 fully saturated rings. The lowest BCUT2D eigenvalue weighted by molar-refractivity contribution is 0.0262. The number of aromatic nitrogens is 4. The highest BCUT2D eigenvalue weighted by Gasteiger charge is 2.36. The van der Waals surface area contributed by atoms with Gasteiger partial charge in [-0.25, -0.2) is 13.5 Å². The lowest BCUT2D eigenvalue weighted by atomic mass is 9.89. The molecule has 12 heteroatoms. The summed E-state index contributed by atoms with van der Waals surface area (Å²) in [7, 11) is 0. The van der Waals surface area contributed by atoms with Crippen molar-refractivity contribution in [2.45, 2.75) is 71.2 Å². The first-order chi connectivity index (χ1) is 20.9. The first-order valence-electron chi connectivity index (χ1n) is 14.8. The zero-order chi connectivity index (χ0) is 31.5. The molecule has 9 nitrogen and oxygen atoms in total. The van der Waals surface area contributed by atoms with Gasteiger partial charge in [0, 0.05) is 37.9 Å². The standard InChI is InChI=1S/C32H35F3N6O3/c1-6-32(5,21-7-9-22(33)10-8-21)41-15-23(36-37-41)14-39-18(2)12-38(13-19(39)3)31(43)25-16-40-20(4)17-44-30-27(35)26(34)11-24(28(30)40)29(25)42/h7-11,15-16,18-20H,6,12-14,17H2,1-5H3/t18-,19+,20?,32?. The van der Waals surface area contributed by atoms with Gasteiger partial charge < -0.3 is 14.2 Å². The minimum absolute atomic E-state index is 0.0745. The number of carbonyl (C=O) groups is 1. The second-order valence-corrected chi connectivity index (χ2v) is 12.2. The number of piperazine rings is 1. The van der Waals surface area contributed by atoms with Gasteiger partial charge in [0.25, 0.3) is 5.91 Å². The molecule has 0 radical (unpaired) electrons. The van der Waals surface area contributed by atoms with Gasteiger partial charge in [0.05, 0.1) is 34.4 Å². The molecule has 232 valence electrons. The third-order valence-electron chi connectivity index (χ3n) is 9.27. The predicted octanol–water partition coefficient (Wildman–Crippen LogP) is 4.87. The summed E-state index contributed by atoms with van der Waals surface area (Å²) >= 11 is 0. The highest BCUT2D eigenvalue weighted by Crippen LogP contribution is 2.36. The first-order valence-corrected chi connectivity index (χ1v) is 14.8. The minimum Gasteiger partial charge on any atom is -0.486 e. The van der Waals surface area contributed by atoms with E-state index in [2.05, 4.69) is 15.2 Å². The fourth-order valence-electron chi connectivity index (χ4n) is 6.46. The number of carbonyl (C=O) groups excluding carboxylic acids is 1. The van der Waals surface area contributed by atoms with Crippen molar-refractivity contribution in [3.8, 4) is 5.75 Å². The molecular formula is C32H35F3N6O3. The third-order valence-corrected chi connectivity index (χ3v) is 9.27. The van der Waals surface area contributed by atoms with Crippen LogP contribution in [0.4, 0.5) is 13.2 Å². The van der Waals surface area contributed by atoms with Crippen LogP contribution < -0.4 is 10.2 Å². The van der Waals surface area contributed by atoms with Gasteiger partial charge in [-0.2, -0.15) is 4.39 Å². The fraction of sp³-hybridized carbons (Fsp3) is 0.438. The molecule has 0 saturated carbocycles. The van der Waals surface area contributed by atoms with Gasteiger partial charge in [-0.15, -0.1) is 5.10 Å². The predicted molar refractivity (Wildman–Crippen MR) is 158 cm³/mol. The van der Waals surface area contributed by atoms with Crippen LogP contribution in [0.3, 0.4) is 0 Å². The van der Waals surface area contributed by atoms with E-state index >= 15 is 0 Å². The van der Waals surface area contributed by atoms with Crippen molar-refractivity contribution in [3.05, 3.63) is 87.2 Å². The second kappa shape index (κ2) is 11.1. The second-order valence-electron chi connectivity index (χ2n) is 12.2. The molecule has 4 atom stereocenters. The van der Waals surface area contributed by atoms with E-state index in [9.17, 15) is 22.8 Å². The third kappa shape index (κ3) is 4.85. The van der Waals surface area contributed by atoms with Gasteiger partial charge in [0.2, 0.25) is 11.2 Å². The highest BCUT2D eigenvalue weighted by atomic mass is 19.2. The molecule has 44 heavy (non-hydrogen) atoms. The van der Waals surface area contributed by atoms with Gasteiger partial charge >= 0.3 is 0 Å². The Morgan fingerprint density at radius 3 is 2.39 bits per heavy atom. The molecule has 4 heterocycles. The molecule has 0 spiro atoms. The van der Waals surface area contributed by atoms with Crippen LogP contribution in [-0.2, 0) is 12.1 Å². The van der Waals surface area contributed by atoms with Crippen LogP contribution in [0.2, 0.25) is 0 Å². The van der Waals surface area contributed by atoms with E-state index in [0.717, 1.165) is 23.7 Å². The quantitative estimate of drug-likeness (QED) is 0.311. The molecule has 2 aliphatic rings. The average molecular weight is 609 g/mol. The molecule has 2 aliphatic heterocycles. The Morgan fingerprint density at radius 2 is 1.73 bits per heavy atom. The smallest absolute Gasteiger partial charge is 0.259 e. The number of ether oxygens (including phenoxy) is 1. The molecule has 1 amide bonds. The van der Waals surface area contributed by atoms with Crippen LogP contribution in [0.15, 0.2) is 47.5 Å². The van der Waals surface area contributed by atoms with Crippen molar-refractivity contribution in [1.29, 1.82) is 0 Å². The largest absolute Gasteiger partial charge is 0.486 e. The van der Waals surface area contributed by atoms with Crippen LogP contribution in [0.1, 0.15) is 68.7 Å². The Bertz CT molecular complexity index is 1790. The van der Waals surface area contributed by atoms with Gasteiger partial charge in [0.1, 0.15) is 18.0 Å². The maximum atomic E-state index is 14.5. The zero-order valence-electron chi connectivity index (χ0n) is 25.4. The van der Waals surface area contributed by atoms with Crippen molar-refractivity contribution < 1.29 is 22.7 Å². The molecule has 2 aromatic heterocycles. The summed E-state index contributed by atoms with van der Waals surface area (Å²) in [5.74, 6) is -3.40. The molecule has 2 aromatic carbocycles. The number of hydrogen-bond donors (Lipinski definition) is 0. The summed E-state index contributed by atoms with van der Waals surface area (Å²) in [6, 6.07) is 6.82. The van der Waals surface area contributed by atoms with Crippen molar-refractivity contribution in [2.24, 2.45) is 0 Å². The maximum Gasteiger partial charge on any atom is 0.259 e. The molecule has 2 unspecified atom stereocenters. The van der Waals surface area contributed by atoms with E-state index < -0.39 is 28.5 Å². The summed E-state index contributed by atoms with van der Waals surface area (Å²) < 4.78 is 51.3. The van der Waals surface area contributed by atoms with Crippen molar-refractivity contribution in [3.63, 3.8) is 0 Å². The van der Waals surface area contributed by atoms with Gasteiger partial charge in [0.15, 0.2) is 11.6 Å². The summed E-state index contributed by atoms with van der Waals surface area (Å²) in [5.41, 5.74) is 0.600. The molecule has 6 rings (SSSR count). The van der Waals surface area contributed by atoms with E-state index in [0.29, 0.717) is 19.6 Å². The minimum atomic E-state index is -1.19. The van der Waals surface area contributed by atoms with E-state index in [1.165, 1.54) is 18.3 Å². The monoisotopic (exact) mass is 608 g/mol. The number of pyridine rings is 1. The van der Waals surface area contributed by atoms with Gasteiger partial charge in [-0.1, -0.05) is 24.3 Å². The normalized spacial score (nSPS) is 21.7. The first kappa shape index (κ1) is 29.9. The van der Waals surface area contributed by atoms with Gasteiger partial charge in [-0.3, -0.25) is 14.5 Å². The van der Waals surface area contributed by atoms with E-state index in [1.54, 1.807) is 21.6 Å². The summed E-state index contributed by atoms with van der Waals surface area (Å²) in [4.78, 5) is 31.2. The summed E-state index contributed by atoms with van der Waals surface area (Å²) in [5, 5.41) is 8.77. The Labute approximate surface area is 252 Å². The SMILES string of the molecule is CCC(C)(c1ccc(F)cc1)n1cc(CN2[C@H](C)CN(C(=O)c3cn4c5c(c(F)c(F)cc5c3=O)OCC4C)C[C@@H]2C)nn1. The molecule has 0 N–H and O–H groups in total. The van der Waals surface area contributed by atoms with Crippen LogP contribution >= 0.6 is 0 Å². The topological polar surface area (TPSA) is 85.5 Å².